The number of benzene rings is 3. The van der Waals surface area contributed by atoms with Crippen LogP contribution in [0.15, 0.2) is 83.9 Å². The molecule has 1 aliphatic rings. The first-order valence-corrected chi connectivity index (χ1v) is 12.6. The number of para-hydroxylation sites is 2. The van der Waals surface area contributed by atoms with E-state index in [1.54, 1.807) is 30.2 Å². The SMILES string of the molecule is COc1ccc(CN2C(=O)/C(=C/c3cn(CCOc4ccccc4F)c4ccccc34)SC2=S)cc1. The van der Waals surface area contributed by atoms with Gasteiger partial charge in [-0.25, -0.2) is 4.39 Å². The summed E-state index contributed by atoms with van der Waals surface area (Å²) in [7, 11) is 1.62. The number of aromatic nitrogens is 1. The number of halogens is 1. The fourth-order valence-corrected chi connectivity index (χ4v) is 5.33. The summed E-state index contributed by atoms with van der Waals surface area (Å²) in [5.41, 5.74) is 2.90. The number of amides is 1. The van der Waals surface area contributed by atoms with Gasteiger partial charge in [-0.05, 0) is 42.0 Å². The molecule has 0 bridgehead atoms. The van der Waals surface area contributed by atoms with Gasteiger partial charge < -0.3 is 14.0 Å². The fourth-order valence-electron chi connectivity index (χ4n) is 4.08. The van der Waals surface area contributed by atoms with Crippen molar-refractivity contribution in [1.82, 2.24) is 9.47 Å². The van der Waals surface area contributed by atoms with E-state index in [-0.39, 0.29) is 17.5 Å². The predicted octanol–water partition coefficient (Wildman–Crippen LogP) is 6.27. The van der Waals surface area contributed by atoms with E-state index in [9.17, 15) is 9.18 Å². The monoisotopic (exact) mass is 518 g/mol. The summed E-state index contributed by atoms with van der Waals surface area (Å²) in [4.78, 5) is 15.4. The van der Waals surface area contributed by atoms with Gasteiger partial charge in [-0.15, -0.1) is 0 Å². The van der Waals surface area contributed by atoms with Crippen molar-refractivity contribution in [2.45, 2.75) is 13.1 Å². The van der Waals surface area contributed by atoms with Crippen LogP contribution >= 0.6 is 24.0 Å². The van der Waals surface area contributed by atoms with Crippen LogP contribution < -0.4 is 9.47 Å². The van der Waals surface area contributed by atoms with Crippen molar-refractivity contribution in [1.29, 1.82) is 0 Å². The van der Waals surface area contributed by atoms with Crippen LogP contribution in [0.5, 0.6) is 11.5 Å². The maximum Gasteiger partial charge on any atom is 0.266 e. The Kier molecular flexibility index (Phi) is 7.06. The minimum atomic E-state index is -0.382. The van der Waals surface area contributed by atoms with Crippen LogP contribution in [-0.2, 0) is 17.9 Å². The quantitative estimate of drug-likeness (QED) is 0.203. The molecule has 5 rings (SSSR count). The Labute approximate surface area is 218 Å². The third kappa shape index (κ3) is 5.01. The van der Waals surface area contributed by atoms with Crippen LogP contribution in [-0.4, -0.2) is 33.4 Å². The molecule has 0 radical (unpaired) electrons. The van der Waals surface area contributed by atoms with Gasteiger partial charge >= 0.3 is 0 Å². The molecular weight excluding hydrogens is 495 g/mol. The fraction of sp³-hybridized carbons (Fsp3) is 0.143. The van der Waals surface area contributed by atoms with Crippen molar-refractivity contribution in [3.05, 3.63) is 101 Å². The van der Waals surface area contributed by atoms with E-state index in [0.717, 1.165) is 27.8 Å². The van der Waals surface area contributed by atoms with Gasteiger partial charge in [0.2, 0.25) is 0 Å². The van der Waals surface area contributed by atoms with Crippen LogP contribution in [0.3, 0.4) is 0 Å². The maximum absolute atomic E-state index is 13.9. The van der Waals surface area contributed by atoms with E-state index in [0.29, 0.717) is 28.9 Å². The van der Waals surface area contributed by atoms with Crippen molar-refractivity contribution in [3.8, 4) is 11.5 Å². The first-order valence-electron chi connectivity index (χ1n) is 11.4. The number of hydrogen-bond donors (Lipinski definition) is 0. The van der Waals surface area contributed by atoms with Crippen molar-refractivity contribution in [2.75, 3.05) is 13.7 Å². The zero-order valence-electron chi connectivity index (χ0n) is 19.5. The van der Waals surface area contributed by atoms with Crippen LogP contribution in [0, 0.1) is 5.82 Å². The number of methoxy groups -OCH3 is 1. The average molecular weight is 519 g/mol. The van der Waals surface area contributed by atoms with Gasteiger partial charge in [-0.2, -0.15) is 0 Å². The molecule has 36 heavy (non-hydrogen) atoms. The summed E-state index contributed by atoms with van der Waals surface area (Å²) >= 11 is 6.83. The number of hydrogen-bond acceptors (Lipinski definition) is 5. The number of rotatable bonds is 8. The minimum absolute atomic E-state index is 0.111. The lowest BCUT2D eigenvalue weighted by molar-refractivity contribution is -0.122. The first kappa shape index (κ1) is 24.1. The molecule has 182 valence electrons. The van der Waals surface area contributed by atoms with Gasteiger partial charge in [-0.1, -0.05) is 66.4 Å². The van der Waals surface area contributed by atoms with Gasteiger partial charge in [0.1, 0.15) is 16.7 Å². The first-order chi connectivity index (χ1) is 17.5. The Bertz CT molecular complexity index is 1460. The molecule has 1 saturated heterocycles. The molecule has 0 N–H and O–H groups in total. The number of fused-ring (bicyclic) bond motifs is 1. The number of carbonyl (C=O) groups excluding carboxylic acids is 1. The van der Waals surface area contributed by atoms with Crippen molar-refractivity contribution in [2.24, 2.45) is 0 Å². The third-order valence-corrected chi connectivity index (χ3v) is 7.28. The summed E-state index contributed by atoms with van der Waals surface area (Å²) in [5, 5.41) is 1.02. The zero-order chi connectivity index (χ0) is 25.1. The second-order valence-corrected chi connectivity index (χ2v) is 9.87. The molecule has 1 aromatic heterocycles. The van der Waals surface area contributed by atoms with Gasteiger partial charge in [0.25, 0.3) is 5.91 Å². The number of thioether (sulfide) groups is 1. The molecule has 1 aliphatic heterocycles. The Balaban J connectivity index is 1.35. The number of ether oxygens (including phenoxy) is 2. The summed E-state index contributed by atoms with van der Waals surface area (Å²) in [6.45, 7) is 1.24. The summed E-state index contributed by atoms with van der Waals surface area (Å²) in [6, 6.07) is 21.9. The Hall–Kier alpha value is -3.62. The summed E-state index contributed by atoms with van der Waals surface area (Å²) < 4.78 is 27.3. The van der Waals surface area contributed by atoms with E-state index in [1.807, 2.05) is 60.8 Å². The van der Waals surface area contributed by atoms with Crippen LogP contribution in [0.25, 0.3) is 17.0 Å². The highest BCUT2D eigenvalue weighted by atomic mass is 32.2. The molecule has 0 atom stereocenters. The van der Waals surface area contributed by atoms with Crippen molar-refractivity contribution in [3.63, 3.8) is 0 Å². The van der Waals surface area contributed by atoms with Gasteiger partial charge in [0.15, 0.2) is 11.6 Å². The van der Waals surface area contributed by atoms with Gasteiger partial charge in [0, 0.05) is 22.7 Å². The molecule has 0 unspecified atom stereocenters. The molecule has 0 spiro atoms. The molecule has 0 saturated carbocycles. The topological polar surface area (TPSA) is 43.7 Å². The molecule has 5 nitrogen and oxygen atoms in total. The Morgan fingerprint density at radius 1 is 1.03 bits per heavy atom. The molecule has 2 heterocycles. The lowest BCUT2D eigenvalue weighted by Crippen LogP contribution is -2.27. The van der Waals surface area contributed by atoms with Crippen molar-refractivity contribution < 1.29 is 18.7 Å². The van der Waals surface area contributed by atoms with Crippen LogP contribution in [0.1, 0.15) is 11.1 Å². The molecule has 1 amide bonds. The smallest absolute Gasteiger partial charge is 0.266 e. The predicted molar refractivity (Wildman–Crippen MR) is 146 cm³/mol. The van der Waals surface area contributed by atoms with E-state index >= 15 is 0 Å². The molecular formula is C28H23FN2O3S2. The third-order valence-electron chi connectivity index (χ3n) is 5.91. The second-order valence-electron chi connectivity index (χ2n) is 8.19. The van der Waals surface area contributed by atoms with Gasteiger partial charge in [0.05, 0.1) is 25.1 Å². The highest BCUT2D eigenvalue weighted by molar-refractivity contribution is 8.26. The minimum Gasteiger partial charge on any atom is -0.497 e. The zero-order valence-corrected chi connectivity index (χ0v) is 21.2. The maximum atomic E-state index is 13.9. The Morgan fingerprint density at radius 3 is 2.56 bits per heavy atom. The highest BCUT2D eigenvalue weighted by Gasteiger charge is 2.32. The van der Waals surface area contributed by atoms with E-state index < -0.39 is 0 Å². The number of carbonyl (C=O) groups is 1. The largest absolute Gasteiger partial charge is 0.497 e. The van der Waals surface area contributed by atoms with E-state index in [2.05, 4.69) is 4.57 Å². The Morgan fingerprint density at radius 2 is 1.78 bits per heavy atom. The summed E-state index contributed by atoms with van der Waals surface area (Å²) in [6.07, 6.45) is 3.88. The van der Waals surface area contributed by atoms with Crippen LogP contribution in [0.4, 0.5) is 4.39 Å². The molecule has 8 heteroatoms. The summed E-state index contributed by atoms with van der Waals surface area (Å²) in [5.74, 6) is 0.502. The van der Waals surface area contributed by atoms with E-state index in [1.165, 1.54) is 17.8 Å². The van der Waals surface area contributed by atoms with E-state index in [4.69, 9.17) is 21.7 Å². The number of thiocarbonyl (C=S) groups is 1. The molecule has 4 aromatic rings. The number of nitrogens with zero attached hydrogens (tertiary/aromatic N) is 2. The van der Waals surface area contributed by atoms with Gasteiger partial charge in [-0.3, -0.25) is 9.69 Å². The average Bonchev–Trinajstić information content (AvgIpc) is 3.37. The highest BCUT2D eigenvalue weighted by Crippen LogP contribution is 2.35. The molecule has 1 fully saturated rings. The standard InChI is InChI=1S/C28H23FN2O3S2/c1-33-21-12-10-19(11-13-21)17-31-27(32)26(36-28(31)35)16-20-18-30(24-8-4-2-6-22(20)24)14-15-34-25-9-5-3-7-23(25)29/h2-13,16,18H,14-15,17H2,1H3/b26-16-. The van der Waals surface area contributed by atoms with Crippen LogP contribution in [0.2, 0.25) is 0 Å². The van der Waals surface area contributed by atoms with Crippen molar-refractivity contribution >= 4 is 51.2 Å². The normalized spacial score (nSPS) is 14.7. The molecule has 0 aliphatic carbocycles. The molecule has 3 aromatic carbocycles. The lowest BCUT2D eigenvalue weighted by Gasteiger charge is -2.14. The lowest BCUT2D eigenvalue weighted by atomic mass is 10.1. The second kappa shape index (κ2) is 10.6.